The van der Waals surface area contributed by atoms with Crippen LogP contribution in [0.1, 0.15) is 11.7 Å². The van der Waals surface area contributed by atoms with Crippen molar-refractivity contribution in [2.75, 3.05) is 24.6 Å². The monoisotopic (exact) mass is 347 g/mol. The molecule has 0 saturated carbocycles. The van der Waals surface area contributed by atoms with Crippen LogP contribution in [0.5, 0.6) is 0 Å². The molecule has 1 saturated heterocycles. The number of rotatable bonds is 4. The van der Waals surface area contributed by atoms with E-state index in [1.165, 1.54) is 24.3 Å². The van der Waals surface area contributed by atoms with E-state index in [1.54, 1.807) is 17.0 Å². The summed E-state index contributed by atoms with van der Waals surface area (Å²) in [6, 6.07) is 9.44. The fraction of sp³-hybridized carbons (Fsp3) is 0.250. The van der Waals surface area contributed by atoms with Crippen LogP contribution in [-0.4, -0.2) is 29.5 Å². The number of hydrogen-bond acceptors (Lipinski definition) is 6. The van der Waals surface area contributed by atoms with Crippen LogP contribution in [0.3, 0.4) is 0 Å². The molecule has 1 heterocycles. The molecule has 9 heteroatoms. The number of ether oxygens (including phenoxy) is 1. The maximum atomic E-state index is 13.1. The molecule has 2 aromatic rings. The highest BCUT2D eigenvalue weighted by molar-refractivity contribution is 5.67. The normalized spacial score (nSPS) is 17.3. The lowest BCUT2D eigenvalue weighted by atomic mass is 10.1. The van der Waals surface area contributed by atoms with Crippen molar-refractivity contribution < 1.29 is 19.0 Å². The number of benzene rings is 2. The van der Waals surface area contributed by atoms with Crippen molar-refractivity contribution in [1.29, 1.82) is 0 Å². The molecule has 1 aliphatic heterocycles. The van der Waals surface area contributed by atoms with Gasteiger partial charge in [-0.15, -0.1) is 0 Å². The summed E-state index contributed by atoms with van der Waals surface area (Å²) in [5.41, 5.74) is 0.398. The number of nitro groups is 2. The van der Waals surface area contributed by atoms with Crippen molar-refractivity contribution in [2.24, 2.45) is 0 Å². The van der Waals surface area contributed by atoms with Crippen LogP contribution >= 0.6 is 0 Å². The smallest absolute Gasteiger partial charge is 0.299 e. The summed E-state index contributed by atoms with van der Waals surface area (Å²) in [6.07, 6.45) is -0.371. The first-order chi connectivity index (χ1) is 12.0. The molecule has 0 spiro atoms. The first-order valence-corrected chi connectivity index (χ1v) is 7.50. The van der Waals surface area contributed by atoms with Crippen LogP contribution in [0, 0.1) is 26.0 Å². The first-order valence-electron chi connectivity index (χ1n) is 7.50. The van der Waals surface area contributed by atoms with E-state index in [0.29, 0.717) is 25.4 Å². The number of nitro benzene ring substituents is 2. The van der Waals surface area contributed by atoms with Crippen LogP contribution in [0.2, 0.25) is 0 Å². The van der Waals surface area contributed by atoms with Crippen LogP contribution in [0.25, 0.3) is 0 Å². The van der Waals surface area contributed by atoms with Gasteiger partial charge in [0.25, 0.3) is 11.4 Å². The number of non-ortho nitro benzene ring substituents is 1. The molecule has 0 amide bonds. The van der Waals surface area contributed by atoms with Gasteiger partial charge in [0.15, 0.2) is 0 Å². The van der Waals surface area contributed by atoms with E-state index < -0.39 is 9.85 Å². The molecule has 0 aliphatic carbocycles. The summed E-state index contributed by atoms with van der Waals surface area (Å²) in [5, 5.41) is 22.2. The third-order valence-electron chi connectivity index (χ3n) is 4.02. The fourth-order valence-corrected chi connectivity index (χ4v) is 2.79. The zero-order valence-electron chi connectivity index (χ0n) is 13.0. The quantitative estimate of drug-likeness (QED) is 0.622. The molecule has 1 unspecified atom stereocenters. The van der Waals surface area contributed by atoms with Gasteiger partial charge in [-0.2, -0.15) is 0 Å². The predicted molar refractivity (Wildman–Crippen MR) is 87.1 cm³/mol. The number of morpholine rings is 1. The van der Waals surface area contributed by atoms with Crippen molar-refractivity contribution in [3.8, 4) is 0 Å². The topological polar surface area (TPSA) is 98.8 Å². The Labute approximate surface area is 141 Å². The Morgan fingerprint density at radius 1 is 1.08 bits per heavy atom. The van der Waals surface area contributed by atoms with Gasteiger partial charge in [0.05, 0.1) is 22.5 Å². The third kappa shape index (κ3) is 3.56. The lowest BCUT2D eigenvalue weighted by molar-refractivity contribution is -0.393. The Kier molecular flexibility index (Phi) is 4.57. The summed E-state index contributed by atoms with van der Waals surface area (Å²) in [6.45, 7) is 1.07. The standard InChI is InChI=1S/C16H14FN3O5/c17-12-3-1-11(2-4-12)16-10-18(7-8-25-16)14-6-5-13(19(21)22)9-15(14)20(23)24/h1-6,9,16H,7-8,10H2. The minimum atomic E-state index is -0.669. The highest BCUT2D eigenvalue weighted by atomic mass is 19.1. The Balaban J connectivity index is 1.89. The molecule has 130 valence electrons. The van der Waals surface area contributed by atoms with E-state index in [0.717, 1.165) is 11.6 Å². The Morgan fingerprint density at radius 3 is 2.44 bits per heavy atom. The van der Waals surface area contributed by atoms with Gasteiger partial charge in [-0.05, 0) is 23.8 Å². The zero-order valence-corrected chi connectivity index (χ0v) is 13.0. The second kappa shape index (κ2) is 6.81. The maximum Gasteiger partial charge on any atom is 0.299 e. The van der Waals surface area contributed by atoms with Gasteiger partial charge in [-0.25, -0.2) is 4.39 Å². The molecule has 1 aliphatic rings. The highest BCUT2D eigenvalue weighted by Crippen LogP contribution is 2.35. The van der Waals surface area contributed by atoms with Gasteiger partial charge in [0, 0.05) is 19.2 Å². The average Bonchev–Trinajstić information content (AvgIpc) is 2.62. The van der Waals surface area contributed by atoms with Crippen LogP contribution in [0.4, 0.5) is 21.5 Å². The van der Waals surface area contributed by atoms with E-state index in [1.807, 2.05) is 0 Å². The van der Waals surface area contributed by atoms with Crippen molar-refractivity contribution in [2.45, 2.75) is 6.10 Å². The van der Waals surface area contributed by atoms with Gasteiger partial charge in [-0.3, -0.25) is 20.2 Å². The van der Waals surface area contributed by atoms with Gasteiger partial charge < -0.3 is 9.64 Å². The Hall–Kier alpha value is -3.07. The molecular formula is C16H14FN3O5. The molecule has 0 aromatic heterocycles. The zero-order chi connectivity index (χ0) is 18.0. The van der Waals surface area contributed by atoms with Gasteiger partial charge in [0.1, 0.15) is 17.6 Å². The van der Waals surface area contributed by atoms with E-state index >= 15 is 0 Å². The second-order valence-corrected chi connectivity index (χ2v) is 5.54. The summed E-state index contributed by atoms with van der Waals surface area (Å²) < 4.78 is 18.7. The predicted octanol–water partition coefficient (Wildman–Crippen LogP) is 3.22. The number of anilines is 1. The van der Waals surface area contributed by atoms with Gasteiger partial charge in [0.2, 0.25) is 0 Å². The molecule has 0 bridgehead atoms. The fourth-order valence-electron chi connectivity index (χ4n) is 2.79. The molecule has 25 heavy (non-hydrogen) atoms. The lowest BCUT2D eigenvalue weighted by Gasteiger charge is -2.34. The molecular weight excluding hydrogens is 333 g/mol. The molecule has 1 atom stereocenters. The lowest BCUT2D eigenvalue weighted by Crippen LogP contribution is -2.38. The molecule has 2 aromatic carbocycles. The SMILES string of the molecule is O=[N+]([O-])c1ccc(N2CCOC(c3ccc(F)cc3)C2)c([N+](=O)[O-])c1. The van der Waals surface area contributed by atoms with Gasteiger partial charge in [-0.1, -0.05) is 12.1 Å². The first kappa shape index (κ1) is 16.8. The van der Waals surface area contributed by atoms with E-state index in [4.69, 9.17) is 4.74 Å². The molecule has 1 fully saturated rings. The largest absolute Gasteiger partial charge is 0.370 e. The van der Waals surface area contributed by atoms with Crippen molar-refractivity contribution in [3.63, 3.8) is 0 Å². The maximum absolute atomic E-state index is 13.1. The van der Waals surface area contributed by atoms with E-state index in [-0.39, 0.29) is 23.3 Å². The van der Waals surface area contributed by atoms with Crippen LogP contribution < -0.4 is 4.90 Å². The average molecular weight is 347 g/mol. The number of hydrogen-bond donors (Lipinski definition) is 0. The molecule has 8 nitrogen and oxygen atoms in total. The number of nitrogens with zero attached hydrogens (tertiary/aromatic N) is 3. The molecule has 0 N–H and O–H groups in total. The van der Waals surface area contributed by atoms with E-state index in [9.17, 15) is 24.6 Å². The minimum Gasteiger partial charge on any atom is -0.370 e. The molecule has 3 rings (SSSR count). The van der Waals surface area contributed by atoms with Crippen LogP contribution in [-0.2, 0) is 4.74 Å². The summed E-state index contributed by atoms with van der Waals surface area (Å²) >= 11 is 0. The van der Waals surface area contributed by atoms with Gasteiger partial charge >= 0.3 is 0 Å². The van der Waals surface area contributed by atoms with Crippen molar-refractivity contribution in [3.05, 3.63) is 74.1 Å². The summed E-state index contributed by atoms with van der Waals surface area (Å²) in [5.74, 6) is -0.359. The Bertz CT molecular complexity index is 812. The number of halogens is 1. The summed E-state index contributed by atoms with van der Waals surface area (Å²) in [4.78, 5) is 22.6. The highest BCUT2D eigenvalue weighted by Gasteiger charge is 2.28. The third-order valence-corrected chi connectivity index (χ3v) is 4.02. The minimum absolute atomic E-state index is 0.297. The van der Waals surface area contributed by atoms with Crippen LogP contribution in [0.15, 0.2) is 42.5 Å². The van der Waals surface area contributed by atoms with E-state index in [2.05, 4.69) is 0 Å². The van der Waals surface area contributed by atoms with Crippen molar-refractivity contribution in [1.82, 2.24) is 0 Å². The second-order valence-electron chi connectivity index (χ2n) is 5.54. The van der Waals surface area contributed by atoms with Crippen molar-refractivity contribution >= 4 is 17.1 Å². The Morgan fingerprint density at radius 2 is 1.80 bits per heavy atom. The molecule has 0 radical (unpaired) electrons. The summed E-state index contributed by atoms with van der Waals surface area (Å²) in [7, 11) is 0.